The number of carbonyl (C=O) groups excluding carboxylic acids is 1. The van der Waals surface area contributed by atoms with Gasteiger partial charge in [0.25, 0.3) is 0 Å². The van der Waals surface area contributed by atoms with Gasteiger partial charge in [-0.05, 0) is 76.2 Å². The normalized spacial score (nSPS) is 29.5. The number of nitrogens with one attached hydrogen (secondary N) is 1. The first-order valence-electron chi connectivity index (χ1n) is 15.1. The molecule has 0 unspecified atom stereocenters. The summed E-state index contributed by atoms with van der Waals surface area (Å²) in [4.78, 5) is 27.5. The summed E-state index contributed by atoms with van der Waals surface area (Å²) in [5.74, 6) is 4.17. The van der Waals surface area contributed by atoms with E-state index in [9.17, 15) is 9.90 Å². The monoisotopic (exact) mass is 511 g/mol. The molecule has 4 fully saturated rings. The van der Waals surface area contributed by atoms with Crippen LogP contribution in [-0.4, -0.2) is 70.8 Å². The minimum absolute atomic E-state index is 0.0319. The van der Waals surface area contributed by atoms with E-state index >= 15 is 0 Å². The zero-order valence-electron chi connectivity index (χ0n) is 23.4. The van der Waals surface area contributed by atoms with Gasteiger partial charge in [-0.15, -0.1) is 0 Å². The Balaban J connectivity index is 1.01. The van der Waals surface area contributed by atoms with Crippen LogP contribution in [0, 0.1) is 11.8 Å². The number of amides is 1. The average molecular weight is 512 g/mol. The lowest BCUT2D eigenvalue weighted by atomic mass is 9.77. The van der Waals surface area contributed by atoms with Crippen molar-refractivity contribution < 1.29 is 9.90 Å². The molecule has 206 valence electrons. The quantitative estimate of drug-likeness (QED) is 0.539. The standard InChI is InChI=1S/C30H49N5O2/c1-30(2,3)29-32-26(23-5-4-6-23)20-27(33-29)35-15-13-34(14-16-35)12-11-22-17-24(18-22)31-28(37)19-21-7-9-25(36)10-8-21/h20-25,36H,4-19H2,1-3H3,(H,31,37). The third kappa shape index (κ3) is 7.03. The van der Waals surface area contributed by atoms with Crippen LogP contribution in [0.2, 0.25) is 0 Å². The molecule has 1 aromatic rings. The van der Waals surface area contributed by atoms with Gasteiger partial charge in [0, 0.05) is 61.7 Å². The number of rotatable bonds is 8. The first-order valence-corrected chi connectivity index (χ1v) is 15.1. The molecule has 7 heteroatoms. The predicted molar refractivity (Wildman–Crippen MR) is 148 cm³/mol. The molecule has 0 aromatic carbocycles. The number of aliphatic hydroxyl groups excluding tert-OH is 1. The number of hydrogen-bond donors (Lipinski definition) is 2. The number of aliphatic hydroxyl groups is 1. The highest BCUT2D eigenvalue weighted by Crippen LogP contribution is 2.37. The van der Waals surface area contributed by atoms with E-state index in [0.717, 1.165) is 88.8 Å². The summed E-state index contributed by atoms with van der Waals surface area (Å²) in [5, 5.41) is 12.9. The van der Waals surface area contributed by atoms with Gasteiger partial charge in [0.1, 0.15) is 11.6 Å². The fourth-order valence-corrected chi connectivity index (χ4v) is 6.42. The van der Waals surface area contributed by atoms with Crippen LogP contribution in [0.1, 0.15) is 109 Å². The van der Waals surface area contributed by atoms with Gasteiger partial charge in [0.15, 0.2) is 0 Å². The van der Waals surface area contributed by atoms with Gasteiger partial charge in [-0.1, -0.05) is 27.2 Å². The van der Waals surface area contributed by atoms with Gasteiger partial charge in [-0.2, -0.15) is 0 Å². The summed E-state index contributed by atoms with van der Waals surface area (Å²) >= 11 is 0. The summed E-state index contributed by atoms with van der Waals surface area (Å²) in [6.07, 6.45) is 11.6. The Morgan fingerprint density at radius 3 is 2.32 bits per heavy atom. The van der Waals surface area contributed by atoms with Gasteiger partial charge in [0.2, 0.25) is 5.91 Å². The van der Waals surface area contributed by atoms with Gasteiger partial charge in [0.05, 0.1) is 6.10 Å². The van der Waals surface area contributed by atoms with Crippen molar-refractivity contribution in [3.63, 3.8) is 0 Å². The van der Waals surface area contributed by atoms with Gasteiger partial charge >= 0.3 is 0 Å². The maximum Gasteiger partial charge on any atom is 0.220 e. The minimum Gasteiger partial charge on any atom is -0.393 e. The third-order valence-corrected chi connectivity index (χ3v) is 9.37. The smallest absolute Gasteiger partial charge is 0.220 e. The van der Waals surface area contributed by atoms with Crippen LogP contribution in [0.3, 0.4) is 0 Å². The van der Waals surface area contributed by atoms with E-state index in [2.05, 4.69) is 42.0 Å². The maximum atomic E-state index is 12.4. The van der Waals surface area contributed by atoms with Crippen molar-refractivity contribution in [2.75, 3.05) is 37.6 Å². The summed E-state index contributed by atoms with van der Waals surface area (Å²) in [6, 6.07) is 2.65. The summed E-state index contributed by atoms with van der Waals surface area (Å²) in [6.45, 7) is 12.1. The molecule has 3 saturated carbocycles. The molecule has 1 aliphatic heterocycles. The van der Waals surface area contributed by atoms with E-state index in [1.54, 1.807) is 0 Å². The zero-order valence-corrected chi connectivity index (χ0v) is 23.4. The van der Waals surface area contributed by atoms with Crippen molar-refractivity contribution in [3.8, 4) is 0 Å². The summed E-state index contributed by atoms with van der Waals surface area (Å²) in [7, 11) is 0. The van der Waals surface area contributed by atoms with Crippen LogP contribution >= 0.6 is 0 Å². The maximum absolute atomic E-state index is 12.4. The highest BCUT2D eigenvalue weighted by Gasteiger charge is 2.32. The number of aromatic nitrogens is 2. The topological polar surface area (TPSA) is 81.6 Å². The van der Waals surface area contributed by atoms with Crippen molar-refractivity contribution in [2.45, 2.75) is 115 Å². The second kappa shape index (κ2) is 11.6. The second-order valence-corrected chi connectivity index (χ2v) is 13.5. The van der Waals surface area contributed by atoms with Crippen LogP contribution in [0.4, 0.5) is 5.82 Å². The molecule has 0 spiro atoms. The molecule has 2 N–H and O–H groups in total. The fourth-order valence-electron chi connectivity index (χ4n) is 6.42. The van der Waals surface area contributed by atoms with Gasteiger partial charge in [-0.25, -0.2) is 9.97 Å². The largest absolute Gasteiger partial charge is 0.393 e. The lowest BCUT2D eigenvalue weighted by molar-refractivity contribution is -0.124. The second-order valence-electron chi connectivity index (χ2n) is 13.5. The molecule has 5 rings (SSSR count). The van der Waals surface area contributed by atoms with Crippen LogP contribution in [-0.2, 0) is 10.2 Å². The molecule has 2 heterocycles. The molecule has 3 aliphatic carbocycles. The Labute approximate surface area is 223 Å². The minimum atomic E-state index is -0.145. The number of piperazine rings is 1. The molecule has 37 heavy (non-hydrogen) atoms. The molecule has 7 nitrogen and oxygen atoms in total. The molecule has 4 aliphatic rings. The first-order chi connectivity index (χ1) is 17.7. The first kappa shape index (κ1) is 26.9. The molecule has 0 radical (unpaired) electrons. The van der Waals surface area contributed by atoms with Crippen molar-refractivity contribution in [2.24, 2.45) is 11.8 Å². The lowest BCUT2D eigenvalue weighted by Crippen LogP contribution is -2.49. The number of hydrogen-bond acceptors (Lipinski definition) is 6. The van der Waals surface area contributed by atoms with E-state index in [0.29, 0.717) is 24.3 Å². The van der Waals surface area contributed by atoms with Crippen LogP contribution in [0.15, 0.2) is 6.07 Å². The van der Waals surface area contributed by atoms with Crippen molar-refractivity contribution >= 4 is 11.7 Å². The third-order valence-electron chi connectivity index (χ3n) is 9.37. The van der Waals surface area contributed by atoms with Crippen molar-refractivity contribution in [3.05, 3.63) is 17.6 Å². The van der Waals surface area contributed by atoms with E-state index in [4.69, 9.17) is 9.97 Å². The van der Waals surface area contributed by atoms with Crippen molar-refractivity contribution in [1.82, 2.24) is 20.2 Å². The lowest BCUT2D eigenvalue weighted by Gasteiger charge is -2.40. The molecular weight excluding hydrogens is 462 g/mol. The molecule has 1 amide bonds. The van der Waals surface area contributed by atoms with Crippen LogP contribution < -0.4 is 10.2 Å². The van der Waals surface area contributed by atoms with Crippen LogP contribution in [0.5, 0.6) is 0 Å². The van der Waals surface area contributed by atoms with E-state index in [1.165, 1.54) is 31.4 Å². The van der Waals surface area contributed by atoms with Gasteiger partial charge in [-0.3, -0.25) is 9.69 Å². The number of nitrogens with zero attached hydrogens (tertiary/aromatic N) is 4. The molecule has 1 aromatic heterocycles. The Kier molecular flexibility index (Phi) is 8.40. The zero-order chi connectivity index (χ0) is 26.0. The Hall–Kier alpha value is -1.73. The highest BCUT2D eigenvalue weighted by molar-refractivity contribution is 5.76. The molecule has 1 saturated heterocycles. The highest BCUT2D eigenvalue weighted by atomic mass is 16.3. The number of anilines is 1. The van der Waals surface area contributed by atoms with Gasteiger partial charge < -0.3 is 15.3 Å². The van der Waals surface area contributed by atoms with E-state index in [1.807, 2.05) is 0 Å². The van der Waals surface area contributed by atoms with Crippen LogP contribution in [0.25, 0.3) is 0 Å². The molecule has 0 atom stereocenters. The molecular formula is C30H49N5O2. The van der Waals surface area contributed by atoms with E-state index in [-0.39, 0.29) is 17.4 Å². The Morgan fingerprint density at radius 2 is 1.70 bits per heavy atom. The SMILES string of the molecule is CC(C)(C)c1nc(C2CCC2)cc(N2CCN(CCC3CC(NC(=O)CC4CCC(O)CC4)C3)CC2)n1. The van der Waals surface area contributed by atoms with E-state index < -0.39 is 0 Å². The average Bonchev–Trinajstić information content (AvgIpc) is 2.80. The fraction of sp³-hybridized carbons (Fsp3) is 0.833. The number of carbonyl (C=O) groups is 1. The summed E-state index contributed by atoms with van der Waals surface area (Å²) in [5.41, 5.74) is 1.23. The Morgan fingerprint density at radius 1 is 1.00 bits per heavy atom. The molecule has 0 bridgehead atoms. The predicted octanol–water partition coefficient (Wildman–Crippen LogP) is 4.39. The van der Waals surface area contributed by atoms with Crippen molar-refractivity contribution in [1.29, 1.82) is 0 Å². The summed E-state index contributed by atoms with van der Waals surface area (Å²) < 4.78 is 0. The Bertz CT molecular complexity index is 905.